The number of aromatic nitrogens is 2. The van der Waals surface area contributed by atoms with E-state index < -0.39 is 0 Å². The van der Waals surface area contributed by atoms with Gasteiger partial charge in [-0.25, -0.2) is 9.48 Å². The van der Waals surface area contributed by atoms with E-state index in [9.17, 15) is 9.59 Å². The van der Waals surface area contributed by atoms with Crippen molar-refractivity contribution in [2.75, 3.05) is 18.0 Å². The van der Waals surface area contributed by atoms with E-state index in [4.69, 9.17) is 16.3 Å². The number of anilines is 1. The van der Waals surface area contributed by atoms with Crippen molar-refractivity contribution in [3.8, 4) is 0 Å². The zero-order valence-corrected chi connectivity index (χ0v) is 13.9. The van der Waals surface area contributed by atoms with Crippen LogP contribution in [0.15, 0.2) is 11.0 Å². The van der Waals surface area contributed by atoms with Gasteiger partial charge in [0, 0.05) is 26.1 Å². The maximum absolute atomic E-state index is 11.9. The fraction of sp³-hybridized carbons (Fsp3) is 0.667. The van der Waals surface area contributed by atoms with Gasteiger partial charge < -0.3 is 15.0 Å². The largest absolute Gasteiger partial charge is 0.444 e. The topological polar surface area (TPSA) is 76.5 Å². The second kappa shape index (κ2) is 6.78. The molecule has 2 heterocycles. The molecule has 1 saturated carbocycles. The summed E-state index contributed by atoms with van der Waals surface area (Å²) in [5.41, 5.74) is 0.268. The smallest absolute Gasteiger partial charge is 0.407 e. The molecule has 1 aliphatic heterocycles. The van der Waals surface area contributed by atoms with Crippen LogP contribution in [-0.2, 0) is 11.8 Å². The minimum absolute atomic E-state index is 0.151. The molecule has 2 fully saturated rings. The van der Waals surface area contributed by atoms with Gasteiger partial charge in [-0.2, -0.15) is 5.10 Å². The number of rotatable bonds is 3. The normalized spacial score (nSPS) is 21.7. The minimum atomic E-state index is -0.350. The van der Waals surface area contributed by atoms with Crippen LogP contribution in [0.1, 0.15) is 32.1 Å². The molecule has 126 valence electrons. The summed E-state index contributed by atoms with van der Waals surface area (Å²) in [6.45, 7) is 1.20. The number of aryl methyl sites for hydroxylation is 1. The summed E-state index contributed by atoms with van der Waals surface area (Å²) in [6, 6.07) is 0.246. The first-order valence-electron chi connectivity index (χ1n) is 7.98. The Bertz CT molecular complexity index is 642. The Morgan fingerprint density at radius 1 is 1.39 bits per heavy atom. The van der Waals surface area contributed by atoms with Crippen molar-refractivity contribution in [3.63, 3.8) is 0 Å². The van der Waals surface area contributed by atoms with E-state index in [0.717, 1.165) is 25.7 Å². The van der Waals surface area contributed by atoms with Crippen LogP contribution in [0.5, 0.6) is 0 Å². The third-order valence-corrected chi connectivity index (χ3v) is 4.85. The summed E-state index contributed by atoms with van der Waals surface area (Å²) in [6.07, 6.45) is 6.12. The van der Waals surface area contributed by atoms with Gasteiger partial charge in [0.05, 0.1) is 18.4 Å². The van der Waals surface area contributed by atoms with Crippen molar-refractivity contribution in [2.45, 2.75) is 44.2 Å². The zero-order chi connectivity index (χ0) is 16.4. The van der Waals surface area contributed by atoms with E-state index in [2.05, 4.69) is 10.4 Å². The molecule has 1 aliphatic carbocycles. The van der Waals surface area contributed by atoms with Crippen LogP contribution in [0.25, 0.3) is 0 Å². The molecule has 0 radical (unpaired) electrons. The molecule has 7 nitrogen and oxygen atoms in total. The highest BCUT2D eigenvalue weighted by Crippen LogP contribution is 2.26. The Morgan fingerprint density at radius 3 is 2.87 bits per heavy atom. The number of hydrogen-bond acceptors (Lipinski definition) is 5. The molecule has 2 aliphatic rings. The summed E-state index contributed by atoms with van der Waals surface area (Å²) >= 11 is 6.11. The molecule has 1 N–H and O–H groups in total. The van der Waals surface area contributed by atoms with Gasteiger partial charge in [-0.3, -0.25) is 4.79 Å². The first kappa shape index (κ1) is 16.1. The summed E-state index contributed by atoms with van der Waals surface area (Å²) in [7, 11) is 1.56. The third-order valence-electron chi connectivity index (χ3n) is 4.50. The molecule has 1 unspecified atom stereocenters. The van der Waals surface area contributed by atoms with Gasteiger partial charge in [-0.1, -0.05) is 24.4 Å². The van der Waals surface area contributed by atoms with Crippen LogP contribution in [0.2, 0.25) is 5.02 Å². The second-order valence-corrected chi connectivity index (χ2v) is 6.54. The van der Waals surface area contributed by atoms with Crippen molar-refractivity contribution >= 4 is 23.4 Å². The van der Waals surface area contributed by atoms with Crippen LogP contribution in [0.3, 0.4) is 0 Å². The molecular weight excluding hydrogens is 320 g/mol. The Morgan fingerprint density at radius 2 is 2.13 bits per heavy atom. The van der Waals surface area contributed by atoms with Crippen molar-refractivity contribution in [3.05, 3.63) is 21.6 Å². The number of carbonyl (C=O) groups excluding carboxylic acids is 1. The van der Waals surface area contributed by atoms with Gasteiger partial charge in [0.15, 0.2) is 0 Å². The van der Waals surface area contributed by atoms with E-state index >= 15 is 0 Å². The quantitative estimate of drug-likeness (QED) is 0.906. The predicted octanol–water partition coefficient (Wildman–Crippen LogP) is 1.68. The fourth-order valence-corrected chi connectivity index (χ4v) is 3.48. The first-order valence-corrected chi connectivity index (χ1v) is 8.36. The lowest BCUT2D eigenvalue weighted by Crippen LogP contribution is -2.36. The molecule has 1 saturated heterocycles. The van der Waals surface area contributed by atoms with Crippen molar-refractivity contribution in [1.29, 1.82) is 0 Å². The van der Waals surface area contributed by atoms with Crippen LogP contribution in [0, 0.1) is 0 Å². The van der Waals surface area contributed by atoms with Crippen molar-refractivity contribution in [1.82, 2.24) is 15.1 Å². The summed E-state index contributed by atoms with van der Waals surface area (Å²) in [5, 5.41) is 7.06. The molecule has 3 rings (SSSR count). The number of nitrogens with zero attached hydrogens (tertiary/aromatic N) is 3. The van der Waals surface area contributed by atoms with Gasteiger partial charge in [0.25, 0.3) is 5.56 Å². The lowest BCUT2D eigenvalue weighted by Gasteiger charge is -2.20. The highest BCUT2D eigenvalue weighted by Gasteiger charge is 2.29. The highest BCUT2D eigenvalue weighted by molar-refractivity contribution is 6.33. The zero-order valence-electron chi connectivity index (χ0n) is 13.1. The summed E-state index contributed by atoms with van der Waals surface area (Å²) < 4.78 is 6.68. The Kier molecular flexibility index (Phi) is 4.75. The Labute approximate surface area is 139 Å². The fourth-order valence-electron chi connectivity index (χ4n) is 3.19. The SMILES string of the molecule is Cn1ncc(N2CCC(OC(=O)NC3CCCC3)C2)c(Cl)c1=O. The number of ether oxygens (including phenoxy) is 1. The predicted molar refractivity (Wildman–Crippen MR) is 87.0 cm³/mol. The minimum Gasteiger partial charge on any atom is -0.444 e. The Hall–Kier alpha value is -1.76. The molecule has 1 aromatic rings. The van der Waals surface area contributed by atoms with E-state index in [1.54, 1.807) is 13.2 Å². The first-order chi connectivity index (χ1) is 11.0. The van der Waals surface area contributed by atoms with E-state index in [0.29, 0.717) is 25.2 Å². The summed E-state index contributed by atoms with van der Waals surface area (Å²) in [5.74, 6) is 0. The molecule has 1 amide bonds. The molecule has 0 bridgehead atoms. The number of amides is 1. The summed E-state index contributed by atoms with van der Waals surface area (Å²) in [4.78, 5) is 25.7. The molecular formula is C15H21ClN4O3. The number of nitrogens with one attached hydrogen (secondary N) is 1. The van der Waals surface area contributed by atoms with Gasteiger partial charge in [-0.15, -0.1) is 0 Å². The molecule has 1 atom stereocenters. The van der Waals surface area contributed by atoms with E-state index in [-0.39, 0.29) is 28.8 Å². The van der Waals surface area contributed by atoms with E-state index in [1.807, 2.05) is 4.90 Å². The standard InChI is InChI=1S/C15H21ClN4O3/c1-19-14(21)13(16)12(8-17-19)20-7-6-11(9-20)23-15(22)18-10-4-2-3-5-10/h8,10-11H,2-7,9H2,1H3,(H,18,22). The van der Waals surface area contributed by atoms with Crippen molar-refractivity contribution < 1.29 is 9.53 Å². The maximum Gasteiger partial charge on any atom is 0.407 e. The van der Waals surface area contributed by atoms with Crippen LogP contribution in [-0.4, -0.2) is 41.1 Å². The molecule has 23 heavy (non-hydrogen) atoms. The van der Waals surface area contributed by atoms with Crippen LogP contribution in [0.4, 0.5) is 10.5 Å². The molecule has 0 aromatic carbocycles. The van der Waals surface area contributed by atoms with Crippen molar-refractivity contribution in [2.24, 2.45) is 7.05 Å². The number of hydrogen-bond donors (Lipinski definition) is 1. The lowest BCUT2D eigenvalue weighted by molar-refractivity contribution is 0.105. The van der Waals surface area contributed by atoms with E-state index in [1.165, 1.54) is 4.68 Å². The third kappa shape index (κ3) is 3.60. The number of alkyl carbamates (subject to hydrolysis) is 1. The molecule has 8 heteroatoms. The van der Waals surface area contributed by atoms with Crippen LogP contribution >= 0.6 is 11.6 Å². The van der Waals surface area contributed by atoms with Gasteiger partial charge in [0.1, 0.15) is 11.1 Å². The molecule has 1 aromatic heterocycles. The second-order valence-electron chi connectivity index (χ2n) is 6.16. The van der Waals surface area contributed by atoms with Gasteiger partial charge in [-0.05, 0) is 12.8 Å². The average molecular weight is 341 g/mol. The Balaban J connectivity index is 1.57. The number of halogens is 1. The van der Waals surface area contributed by atoms with Gasteiger partial charge >= 0.3 is 6.09 Å². The lowest BCUT2D eigenvalue weighted by atomic mass is 10.3. The maximum atomic E-state index is 11.9. The molecule has 0 spiro atoms. The highest BCUT2D eigenvalue weighted by atomic mass is 35.5. The average Bonchev–Trinajstić information content (AvgIpc) is 3.17. The monoisotopic (exact) mass is 340 g/mol. The number of carbonyl (C=O) groups is 1. The van der Waals surface area contributed by atoms with Gasteiger partial charge in [0.2, 0.25) is 0 Å². The van der Waals surface area contributed by atoms with Crippen LogP contribution < -0.4 is 15.8 Å².